The van der Waals surface area contributed by atoms with E-state index >= 15 is 0 Å². The Hall–Kier alpha value is -3.94. The van der Waals surface area contributed by atoms with Crippen LogP contribution in [0.2, 0.25) is 0 Å². The van der Waals surface area contributed by atoms with E-state index in [-0.39, 0.29) is 29.7 Å². The fourth-order valence-corrected chi connectivity index (χ4v) is 3.18. The topological polar surface area (TPSA) is 116 Å². The van der Waals surface area contributed by atoms with E-state index in [9.17, 15) is 14.4 Å². The molecule has 3 aromatic rings. The molecule has 0 aliphatic carbocycles. The third kappa shape index (κ3) is 4.01. The lowest BCUT2D eigenvalue weighted by Gasteiger charge is -2.23. The maximum atomic E-state index is 12.7. The summed E-state index contributed by atoms with van der Waals surface area (Å²) in [6, 6.07) is 16.4. The molecule has 8 heteroatoms. The van der Waals surface area contributed by atoms with Crippen LogP contribution in [0.1, 0.15) is 23.5 Å². The molecule has 1 aliphatic rings. The van der Waals surface area contributed by atoms with Crippen LogP contribution in [0, 0.1) is 6.92 Å². The predicted octanol–water partition coefficient (Wildman–Crippen LogP) is 2.89. The smallest absolute Gasteiger partial charge is 0.258 e. The van der Waals surface area contributed by atoms with Crippen molar-refractivity contribution < 1.29 is 9.59 Å². The monoisotopic (exact) mass is 389 g/mol. The summed E-state index contributed by atoms with van der Waals surface area (Å²) < 4.78 is 0. The summed E-state index contributed by atoms with van der Waals surface area (Å²) in [5.74, 6) is -1.46. The molecule has 0 fully saturated rings. The molecule has 1 atom stereocenters. The van der Waals surface area contributed by atoms with Crippen molar-refractivity contribution in [3.8, 4) is 0 Å². The molecule has 0 spiro atoms. The zero-order valence-corrected chi connectivity index (χ0v) is 15.7. The summed E-state index contributed by atoms with van der Waals surface area (Å²) in [4.78, 5) is 44.6. The highest BCUT2D eigenvalue weighted by Crippen LogP contribution is 2.30. The number of hydrogen-bond acceptors (Lipinski definition) is 5. The highest BCUT2D eigenvalue weighted by molar-refractivity contribution is 6.04. The summed E-state index contributed by atoms with van der Waals surface area (Å²) in [5, 5.41) is 8.34. The number of anilines is 4. The van der Waals surface area contributed by atoms with E-state index in [1.54, 1.807) is 24.3 Å². The van der Waals surface area contributed by atoms with Crippen molar-refractivity contribution in [2.75, 3.05) is 16.0 Å². The predicted molar refractivity (Wildman–Crippen MR) is 110 cm³/mol. The van der Waals surface area contributed by atoms with E-state index in [1.165, 1.54) is 0 Å². The van der Waals surface area contributed by atoms with Gasteiger partial charge in [-0.05, 0) is 31.2 Å². The van der Waals surface area contributed by atoms with Gasteiger partial charge in [-0.15, -0.1) is 0 Å². The number of fused-ring (bicyclic) bond motifs is 1. The largest absolute Gasteiger partial charge is 0.326 e. The minimum Gasteiger partial charge on any atom is -0.326 e. The first-order chi connectivity index (χ1) is 14.0. The molecule has 0 bridgehead atoms. The minimum absolute atomic E-state index is 0.0906. The summed E-state index contributed by atoms with van der Waals surface area (Å²) in [6.07, 6.45) is -0.124. The van der Waals surface area contributed by atoms with Crippen LogP contribution in [-0.4, -0.2) is 21.8 Å². The Kier molecular flexibility index (Phi) is 4.82. The summed E-state index contributed by atoms with van der Waals surface area (Å²) >= 11 is 0. The first-order valence-corrected chi connectivity index (χ1v) is 9.13. The molecule has 1 aromatic heterocycles. The number of rotatable bonds is 4. The van der Waals surface area contributed by atoms with Gasteiger partial charge in [-0.25, -0.2) is 0 Å². The van der Waals surface area contributed by atoms with Gasteiger partial charge in [-0.1, -0.05) is 35.9 Å². The van der Waals surface area contributed by atoms with Crippen LogP contribution in [0.25, 0.3) is 0 Å². The number of H-pyrrole nitrogens is 1. The van der Waals surface area contributed by atoms with Crippen molar-refractivity contribution in [2.45, 2.75) is 19.3 Å². The SMILES string of the molecule is Cc1ccc(Nc2nc3c(c(=O)[nH]2)C(C(=O)Nc2ccccc2)CC(=O)N3)cc1. The number of carbonyl (C=O) groups is 2. The van der Waals surface area contributed by atoms with Gasteiger partial charge in [0.15, 0.2) is 0 Å². The van der Waals surface area contributed by atoms with E-state index in [2.05, 4.69) is 25.9 Å². The number of nitrogens with one attached hydrogen (secondary N) is 4. The number of amides is 2. The first kappa shape index (κ1) is 18.4. The van der Waals surface area contributed by atoms with Gasteiger partial charge in [0.05, 0.1) is 11.5 Å². The normalized spacial score (nSPS) is 15.2. The Labute approximate surface area is 166 Å². The molecular weight excluding hydrogens is 370 g/mol. The highest BCUT2D eigenvalue weighted by Gasteiger charge is 2.34. The van der Waals surface area contributed by atoms with Crippen molar-refractivity contribution in [3.05, 3.63) is 76.1 Å². The van der Waals surface area contributed by atoms with Gasteiger partial charge in [-0.3, -0.25) is 19.4 Å². The average Bonchev–Trinajstić information content (AvgIpc) is 2.69. The molecule has 0 saturated heterocycles. The molecule has 8 nitrogen and oxygen atoms in total. The molecule has 2 amide bonds. The van der Waals surface area contributed by atoms with Crippen molar-refractivity contribution in [1.82, 2.24) is 9.97 Å². The fraction of sp³-hybridized carbons (Fsp3) is 0.143. The molecule has 0 radical (unpaired) electrons. The molecule has 2 aromatic carbocycles. The number of nitrogens with zero attached hydrogens (tertiary/aromatic N) is 1. The van der Waals surface area contributed by atoms with Crippen LogP contribution in [0.15, 0.2) is 59.4 Å². The van der Waals surface area contributed by atoms with E-state index in [0.717, 1.165) is 11.3 Å². The van der Waals surface area contributed by atoms with Crippen molar-refractivity contribution >= 4 is 35.0 Å². The number of aryl methyl sites for hydroxylation is 1. The zero-order chi connectivity index (χ0) is 20.4. The van der Waals surface area contributed by atoms with Gasteiger partial charge >= 0.3 is 0 Å². The lowest BCUT2D eigenvalue weighted by Crippen LogP contribution is -2.36. The summed E-state index contributed by atoms with van der Waals surface area (Å²) in [6.45, 7) is 1.97. The molecule has 0 saturated carbocycles. The zero-order valence-electron chi connectivity index (χ0n) is 15.7. The maximum absolute atomic E-state index is 12.7. The summed E-state index contributed by atoms with van der Waals surface area (Å²) in [7, 11) is 0. The van der Waals surface area contributed by atoms with Crippen LogP contribution in [0.3, 0.4) is 0 Å². The van der Waals surface area contributed by atoms with Crippen molar-refractivity contribution in [3.63, 3.8) is 0 Å². The van der Waals surface area contributed by atoms with Crippen LogP contribution in [-0.2, 0) is 9.59 Å². The Morgan fingerprint density at radius 1 is 1.03 bits per heavy atom. The van der Waals surface area contributed by atoms with Gasteiger partial charge in [0, 0.05) is 17.8 Å². The molecule has 2 heterocycles. The second-order valence-corrected chi connectivity index (χ2v) is 6.83. The number of aromatic nitrogens is 2. The van der Waals surface area contributed by atoms with Crippen LogP contribution in [0.5, 0.6) is 0 Å². The van der Waals surface area contributed by atoms with Gasteiger partial charge in [0.2, 0.25) is 17.8 Å². The van der Waals surface area contributed by atoms with E-state index in [1.807, 2.05) is 37.3 Å². The van der Waals surface area contributed by atoms with E-state index < -0.39 is 17.4 Å². The molecule has 29 heavy (non-hydrogen) atoms. The Balaban J connectivity index is 1.64. The summed E-state index contributed by atoms with van der Waals surface area (Å²) in [5.41, 5.74) is 2.10. The van der Waals surface area contributed by atoms with Crippen LogP contribution < -0.4 is 21.5 Å². The van der Waals surface area contributed by atoms with Crippen LogP contribution >= 0.6 is 0 Å². The quantitative estimate of drug-likeness (QED) is 0.548. The third-order valence-corrected chi connectivity index (χ3v) is 4.62. The van der Waals surface area contributed by atoms with E-state index in [4.69, 9.17) is 0 Å². The molecule has 4 N–H and O–H groups in total. The lowest BCUT2D eigenvalue weighted by molar-refractivity contribution is -0.123. The maximum Gasteiger partial charge on any atom is 0.258 e. The Morgan fingerprint density at radius 2 is 1.76 bits per heavy atom. The van der Waals surface area contributed by atoms with Gasteiger partial charge in [0.25, 0.3) is 5.56 Å². The molecular formula is C21H19N5O3. The second-order valence-electron chi connectivity index (χ2n) is 6.83. The van der Waals surface area contributed by atoms with Gasteiger partial charge in [-0.2, -0.15) is 4.98 Å². The number of carbonyl (C=O) groups excluding carboxylic acids is 2. The number of hydrogen-bond donors (Lipinski definition) is 4. The van der Waals surface area contributed by atoms with Gasteiger partial charge in [0.1, 0.15) is 5.82 Å². The highest BCUT2D eigenvalue weighted by atomic mass is 16.2. The number of para-hydroxylation sites is 1. The standard InChI is InChI=1S/C21H19N5O3/c1-12-7-9-14(10-8-12)23-21-25-18-17(20(29)26-21)15(11-16(27)24-18)19(28)22-13-5-3-2-4-6-13/h2-10,15H,11H2,1H3,(H,22,28)(H3,23,24,25,26,27,29). The number of aromatic amines is 1. The second kappa shape index (κ2) is 7.59. The van der Waals surface area contributed by atoms with Crippen LogP contribution in [0.4, 0.5) is 23.1 Å². The van der Waals surface area contributed by atoms with E-state index in [0.29, 0.717) is 5.69 Å². The Morgan fingerprint density at radius 3 is 2.48 bits per heavy atom. The third-order valence-electron chi connectivity index (χ3n) is 4.62. The fourth-order valence-electron chi connectivity index (χ4n) is 3.18. The molecule has 4 rings (SSSR count). The van der Waals surface area contributed by atoms with Gasteiger partial charge < -0.3 is 16.0 Å². The average molecular weight is 389 g/mol. The van der Waals surface area contributed by atoms with Crippen molar-refractivity contribution in [2.24, 2.45) is 0 Å². The number of benzene rings is 2. The lowest BCUT2D eigenvalue weighted by atomic mass is 9.92. The minimum atomic E-state index is -0.927. The first-order valence-electron chi connectivity index (χ1n) is 9.13. The van der Waals surface area contributed by atoms with Crippen molar-refractivity contribution in [1.29, 1.82) is 0 Å². The Bertz CT molecular complexity index is 1120. The molecule has 146 valence electrons. The molecule has 1 unspecified atom stereocenters. The molecule has 1 aliphatic heterocycles.